The van der Waals surface area contributed by atoms with Gasteiger partial charge in [-0.15, -0.1) is 0 Å². The molecule has 110 valence electrons. The number of ether oxygens (including phenoxy) is 2. The number of hydrogen-bond donors (Lipinski definition) is 1. The molecule has 1 saturated carbocycles. The van der Waals surface area contributed by atoms with Gasteiger partial charge >= 0.3 is 0 Å². The number of hydrogen-bond acceptors (Lipinski definition) is 5. The van der Waals surface area contributed by atoms with Crippen molar-refractivity contribution in [1.82, 2.24) is 9.97 Å². The molecule has 5 heteroatoms. The van der Waals surface area contributed by atoms with E-state index in [4.69, 9.17) is 9.47 Å². The van der Waals surface area contributed by atoms with E-state index in [1.54, 1.807) is 7.11 Å². The summed E-state index contributed by atoms with van der Waals surface area (Å²) in [6, 6.07) is 9.32. The highest BCUT2D eigenvalue weighted by molar-refractivity contribution is 5.42. The summed E-state index contributed by atoms with van der Waals surface area (Å²) in [4.78, 5) is 9.05. The third-order valence-corrected chi connectivity index (χ3v) is 3.28. The highest BCUT2D eigenvalue weighted by Crippen LogP contribution is 2.39. The summed E-state index contributed by atoms with van der Waals surface area (Å²) in [5.74, 6) is 4.19. The Labute approximate surface area is 124 Å². The molecule has 0 bridgehead atoms. The van der Waals surface area contributed by atoms with Crippen LogP contribution < -0.4 is 14.8 Å². The van der Waals surface area contributed by atoms with E-state index in [1.165, 1.54) is 0 Å². The van der Waals surface area contributed by atoms with Crippen LogP contribution in [0, 0.1) is 0 Å². The van der Waals surface area contributed by atoms with Crippen molar-refractivity contribution in [2.45, 2.75) is 25.7 Å². The van der Waals surface area contributed by atoms with Crippen molar-refractivity contribution in [3.63, 3.8) is 0 Å². The lowest BCUT2D eigenvalue weighted by Gasteiger charge is -2.10. The Balaban J connectivity index is 1.85. The van der Waals surface area contributed by atoms with E-state index in [9.17, 15) is 0 Å². The molecule has 1 fully saturated rings. The summed E-state index contributed by atoms with van der Waals surface area (Å²) >= 11 is 0. The van der Waals surface area contributed by atoms with Crippen molar-refractivity contribution >= 4 is 5.82 Å². The Hall–Kier alpha value is -2.30. The number of nitrogens with zero attached hydrogens (tertiary/aromatic N) is 2. The van der Waals surface area contributed by atoms with Crippen LogP contribution in [-0.2, 0) is 0 Å². The number of nitrogens with one attached hydrogen (secondary N) is 1. The molecule has 0 saturated heterocycles. The zero-order valence-corrected chi connectivity index (χ0v) is 12.3. The molecule has 5 nitrogen and oxygen atoms in total. The molecule has 1 aliphatic rings. The highest BCUT2D eigenvalue weighted by atomic mass is 16.5. The van der Waals surface area contributed by atoms with Gasteiger partial charge in [-0.25, -0.2) is 4.98 Å². The van der Waals surface area contributed by atoms with Crippen molar-refractivity contribution in [2.75, 3.05) is 19.0 Å². The summed E-state index contributed by atoms with van der Waals surface area (Å²) in [6.45, 7) is 2.86. The van der Waals surface area contributed by atoms with E-state index < -0.39 is 0 Å². The number of methoxy groups -OCH3 is 1. The van der Waals surface area contributed by atoms with Gasteiger partial charge in [0, 0.05) is 24.6 Å². The topological polar surface area (TPSA) is 56.3 Å². The first-order valence-corrected chi connectivity index (χ1v) is 7.23. The number of benzene rings is 1. The van der Waals surface area contributed by atoms with Crippen molar-refractivity contribution in [3.05, 3.63) is 36.2 Å². The van der Waals surface area contributed by atoms with E-state index >= 15 is 0 Å². The van der Waals surface area contributed by atoms with Crippen molar-refractivity contribution in [3.8, 4) is 17.4 Å². The Morgan fingerprint density at radius 2 is 2.00 bits per heavy atom. The van der Waals surface area contributed by atoms with Gasteiger partial charge in [-0.05, 0) is 31.9 Å². The van der Waals surface area contributed by atoms with Gasteiger partial charge in [0.15, 0.2) is 0 Å². The van der Waals surface area contributed by atoms with Gasteiger partial charge in [0.05, 0.1) is 7.11 Å². The average molecular weight is 285 g/mol. The van der Waals surface area contributed by atoms with Crippen LogP contribution >= 0.6 is 0 Å². The number of anilines is 1. The predicted molar refractivity (Wildman–Crippen MR) is 81.2 cm³/mol. The predicted octanol–water partition coefficient (Wildman–Crippen LogP) is 3.59. The van der Waals surface area contributed by atoms with Crippen LogP contribution in [0.1, 0.15) is 31.5 Å². The fraction of sp³-hybridized carbons (Fsp3) is 0.375. The summed E-state index contributed by atoms with van der Waals surface area (Å²) in [5, 5.41) is 3.22. The molecular formula is C16H19N3O2. The monoisotopic (exact) mass is 285 g/mol. The maximum Gasteiger partial charge on any atom is 0.224 e. The Morgan fingerprint density at radius 3 is 2.71 bits per heavy atom. The zero-order valence-electron chi connectivity index (χ0n) is 12.3. The van der Waals surface area contributed by atoms with Gasteiger partial charge < -0.3 is 14.8 Å². The third kappa shape index (κ3) is 3.42. The van der Waals surface area contributed by atoms with Gasteiger partial charge in [0.1, 0.15) is 23.1 Å². The van der Waals surface area contributed by atoms with Crippen molar-refractivity contribution in [1.29, 1.82) is 0 Å². The van der Waals surface area contributed by atoms with Crippen LogP contribution in [0.25, 0.3) is 0 Å². The maximum atomic E-state index is 5.86. The summed E-state index contributed by atoms with van der Waals surface area (Å²) in [6.07, 6.45) is 2.32. The minimum Gasteiger partial charge on any atom is -0.497 e. The second kappa shape index (κ2) is 5.99. The molecule has 0 spiro atoms. The number of rotatable bonds is 6. The summed E-state index contributed by atoms with van der Waals surface area (Å²) < 4.78 is 11.1. The van der Waals surface area contributed by atoms with E-state index in [2.05, 4.69) is 15.3 Å². The van der Waals surface area contributed by atoms with Crippen molar-refractivity contribution < 1.29 is 9.47 Å². The molecule has 1 N–H and O–H groups in total. The zero-order chi connectivity index (χ0) is 14.7. The average Bonchev–Trinajstić information content (AvgIpc) is 3.32. The molecule has 0 aliphatic heterocycles. The van der Waals surface area contributed by atoms with Crippen LogP contribution in [0.3, 0.4) is 0 Å². The molecule has 0 unspecified atom stereocenters. The van der Waals surface area contributed by atoms with Crippen molar-refractivity contribution in [2.24, 2.45) is 0 Å². The Kier molecular flexibility index (Phi) is 3.90. The quantitative estimate of drug-likeness (QED) is 0.879. The second-order valence-electron chi connectivity index (χ2n) is 5.04. The first-order valence-electron chi connectivity index (χ1n) is 7.23. The van der Waals surface area contributed by atoms with Gasteiger partial charge in [-0.2, -0.15) is 4.98 Å². The van der Waals surface area contributed by atoms with Gasteiger partial charge in [-0.1, -0.05) is 6.07 Å². The third-order valence-electron chi connectivity index (χ3n) is 3.28. The first kappa shape index (κ1) is 13.7. The standard InChI is InChI=1S/C16H19N3O2/c1-3-17-14-10-15(19-16(18-14)11-7-8-11)21-13-6-4-5-12(9-13)20-2/h4-6,9-11H,3,7-8H2,1-2H3,(H,17,18,19). The maximum absolute atomic E-state index is 5.86. The molecule has 2 aromatic rings. The second-order valence-corrected chi connectivity index (χ2v) is 5.04. The smallest absolute Gasteiger partial charge is 0.224 e. The lowest BCUT2D eigenvalue weighted by atomic mass is 10.3. The molecule has 1 aromatic carbocycles. The first-order chi connectivity index (χ1) is 10.3. The van der Waals surface area contributed by atoms with Gasteiger partial charge in [-0.3, -0.25) is 0 Å². The lowest BCUT2D eigenvalue weighted by molar-refractivity contribution is 0.407. The summed E-state index contributed by atoms with van der Waals surface area (Å²) in [7, 11) is 1.64. The minimum absolute atomic E-state index is 0.483. The normalized spacial score (nSPS) is 13.8. The molecule has 1 aliphatic carbocycles. The van der Waals surface area contributed by atoms with Gasteiger partial charge in [0.2, 0.25) is 5.88 Å². The van der Waals surface area contributed by atoms with Gasteiger partial charge in [0.25, 0.3) is 0 Å². The summed E-state index contributed by atoms with van der Waals surface area (Å²) in [5.41, 5.74) is 0. The molecule has 3 rings (SSSR count). The van der Waals surface area contributed by atoms with Crippen LogP contribution in [0.15, 0.2) is 30.3 Å². The SMILES string of the molecule is CCNc1cc(Oc2cccc(OC)c2)nc(C2CC2)n1. The van der Waals surface area contributed by atoms with E-state index in [-0.39, 0.29) is 0 Å². The molecular weight excluding hydrogens is 266 g/mol. The van der Waals surface area contributed by atoms with E-state index in [0.29, 0.717) is 17.5 Å². The largest absolute Gasteiger partial charge is 0.497 e. The van der Waals surface area contributed by atoms with E-state index in [0.717, 1.165) is 36.8 Å². The minimum atomic E-state index is 0.483. The molecule has 0 radical (unpaired) electrons. The molecule has 0 amide bonds. The number of aromatic nitrogens is 2. The van der Waals surface area contributed by atoms with Crippen LogP contribution in [0.4, 0.5) is 5.82 Å². The van der Waals surface area contributed by atoms with Crippen LogP contribution in [0.2, 0.25) is 0 Å². The fourth-order valence-electron chi connectivity index (χ4n) is 2.08. The molecule has 21 heavy (non-hydrogen) atoms. The van der Waals surface area contributed by atoms with Crippen LogP contribution in [-0.4, -0.2) is 23.6 Å². The lowest BCUT2D eigenvalue weighted by Crippen LogP contribution is -2.04. The molecule has 1 aromatic heterocycles. The van der Waals surface area contributed by atoms with Crippen LogP contribution in [0.5, 0.6) is 17.4 Å². The Morgan fingerprint density at radius 1 is 1.19 bits per heavy atom. The molecule has 1 heterocycles. The van der Waals surface area contributed by atoms with E-state index in [1.807, 2.05) is 37.3 Å². The Bertz CT molecular complexity index is 627. The fourth-order valence-corrected chi connectivity index (χ4v) is 2.08. The molecule has 0 atom stereocenters. The highest BCUT2D eigenvalue weighted by Gasteiger charge is 2.27.